The van der Waals surface area contributed by atoms with Crippen LogP contribution in [0.5, 0.6) is 0 Å². The minimum Gasteiger partial charge on any atom is -0.454 e. The van der Waals surface area contributed by atoms with Gasteiger partial charge in [-0.05, 0) is 23.1 Å². The maximum Gasteiger partial charge on any atom is 0.326 e. The zero-order chi connectivity index (χ0) is 18.5. The topological polar surface area (TPSA) is 92.8 Å². The summed E-state index contributed by atoms with van der Waals surface area (Å²) in [6.45, 7) is -0.616. The summed E-state index contributed by atoms with van der Waals surface area (Å²) in [5, 5.41) is 4.52. The standard InChI is InChI=1S/C18H16N2O5S/c21-15(19-9-13-5-3-7-26-13)11-25-17(23)10-20-16(22)8-12-4-1-2-6-14(12)18(20)24/h1-7H,8-11H2,(H,19,21). The molecule has 1 N–H and O–H groups in total. The fourth-order valence-electron chi connectivity index (χ4n) is 2.53. The maximum absolute atomic E-state index is 12.4. The Bertz CT molecular complexity index is 847. The van der Waals surface area contributed by atoms with E-state index in [1.165, 1.54) is 11.3 Å². The van der Waals surface area contributed by atoms with Crippen LogP contribution in [-0.2, 0) is 32.1 Å². The van der Waals surface area contributed by atoms with Crippen molar-refractivity contribution < 1.29 is 23.9 Å². The lowest BCUT2D eigenvalue weighted by atomic mass is 9.98. The second kappa shape index (κ2) is 7.92. The number of ether oxygens (including phenoxy) is 1. The lowest BCUT2D eigenvalue weighted by Gasteiger charge is -2.25. The van der Waals surface area contributed by atoms with E-state index in [0.29, 0.717) is 17.7 Å². The second-order valence-electron chi connectivity index (χ2n) is 5.64. The minimum atomic E-state index is -0.808. The van der Waals surface area contributed by atoms with Crippen LogP contribution in [0.1, 0.15) is 20.8 Å². The van der Waals surface area contributed by atoms with Gasteiger partial charge >= 0.3 is 5.97 Å². The summed E-state index contributed by atoms with van der Waals surface area (Å²) in [5.74, 6) is -2.26. The van der Waals surface area contributed by atoms with Gasteiger partial charge in [0, 0.05) is 10.4 Å². The lowest BCUT2D eigenvalue weighted by molar-refractivity contribution is -0.151. The number of thiophene rings is 1. The number of nitrogens with zero attached hydrogens (tertiary/aromatic N) is 1. The zero-order valence-corrected chi connectivity index (χ0v) is 14.6. The summed E-state index contributed by atoms with van der Waals surface area (Å²) in [5.41, 5.74) is 1.04. The summed E-state index contributed by atoms with van der Waals surface area (Å²) in [6, 6.07) is 10.5. The summed E-state index contributed by atoms with van der Waals surface area (Å²) >= 11 is 1.50. The Balaban J connectivity index is 1.49. The van der Waals surface area contributed by atoms with Crippen molar-refractivity contribution in [3.63, 3.8) is 0 Å². The van der Waals surface area contributed by atoms with Gasteiger partial charge in [-0.1, -0.05) is 24.3 Å². The number of amides is 3. The van der Waals surface area contributed by atoms with Crippen LogP contribution in [0.15, 0.2) is 41.8 Å². The molecule has 1 aliphatic heterocycles. The first kappa shape index (κ1) is 17.8. The van der Waals surface area contributed by atoms with Crippen LogP contribution in [0.3, 0.4) is 0 Å². The van der Waals surface area contributed by atoms with E-state index in [2.05, 4.69) is 5.32 Å². The van der Waals surface area contributed by atoms with Gasteiger partial charge in [-0.2, -0.15) is 0 Å². The first-order chi connectivity index (χ1) is 12.5. The first-order valence-electron chi connectivity index (χ1n) is 7.92. The Labute approximate surface area is 153 Å². The Morgan fingerprint density at radius 3 is 2.73 bits per heavy atom. The minimum absolute atomic E-state index is 0.0521. The molecule has 0 saturated carbocycles. The third-order valence-electron chi connectivity index (χ3n) is 3.83. The number of fused-ring (bicyclic) bond motifs is 1. The van der Waals surface area contributed by atoms with E-state index in [0.717, 1.165) is 9.78 Å². The molecule has 0 atom stereocenters. The zero-order valence-electron chi connectivity index (χ0n) is 13.8. The number of hydrogen-bond donors (Lipinski definition) is 1. The number of esters is 1. The fourth-order valence-corrected chi connectivity index (χ4v) is 3.18. The molecule has 1 aliphatic rings. The van der Waals surface area contributed by atoms with Gasteiger partial charge in [0.25, 0.3) is 11.8 Å². The number of carbonyl (C=O) groups excluding carboxylic acids is 4. The van der Waals surface area contributed by atoms with Crippen molar-refractivity contribution in [3.05, 3.63) is 57.8 Å². The van der Waals surface area contributed by atoms with Crippen LogP contribution < -0.4 is 5.32 Å². The van der Waals surface area contributed by atoms with Crippen molar-refractivity contribution >= 4 is 35.0 Å². The molecule has 1 aromatic heterocycles. The summed E-state index contributed by atoms with van der Waals surface area (Å²) in [4.78, 5) is 49.9. The highest BCUT2D eigenvalue weighted by Gasteiger charge is 2.32. The molecule has 3 rings (SSSR count). The Kier molecular flexibility index (Phi) is 5.43. The lowest BCUT2D eigenvalue weighted by Crippen LogP contribution is -2.45. The van der Waals surface area contributed by atoms with Crippen molar-refractivity contribution in [2.45, 2.75) is 13.0 Å². The number of carbonyl (C=O) groups is 4. The quantitative estimate of drug-likeness (QED) is 0.606. The average Bonchev–Trinajstić information content (AvgIpc) is 3.15. The van der Waals surface area contributed by atoms with Crippen LogP contribution in [0.4, 0.5) is 0 Å². The number of hydrogen-bond acceptors (Lipinski definition) is 6. The molecule has 0 saturated heterocycles. The van der Waals surface area contributed by atoms with E-state index in [-0.39, 0.29) is 6.42 Å². The molecule has 0 spiro atoms. The van der Waals surface area contributed by atoms with Crippen molar-refractivity contribution in [1.82, 2.24) is 10.2 Å². The maximum atomic E-state index is 12.4. The smallest absolute Gasteiger partial charge is 0.326 e. The van der Waals surface area contributed by atoms with Crippen molar-refractivity contribution in [2.75, 3.05) is 13.2 Å². The number of benzene rings is 1. The molecular weight excluding hydrogens is 356 g/mol. The number of imide groups is 1. The molecule has 1 aromatic carbocycles. The van der Waals surface area contributed by atoms with Gasteiger partial charge in [0.05, 0.1) is 13.0 Å². The predicted molar refractivity (Wildman–Crippen MR) is 93.3 cm³/mol. The van der Waals surface area contributed by atoms with Crippen LogP contribution in [-0.4, -0.2) is 41.7 Å². The SMILES string of the molecule is O=C(COC(=O)CN1C(=O)Cc2ccccc2C1=O)NCc1cccs1. The molecule has 2 heterocycles. The number of rotatable bonds is 6. The molecule has 3 amide bonds. The Morgan fingerprint density at radius 2 is 1.96 bits per heavy atom. The van der Waals surface area contributed by atoms with Crippen LogP contribution in [0.25, 0.3) is 0 Å². The third-order valence-corrected chi connectivity index (χ3v) is 4.70. The second-order valence-corrected chi connectivity index (χ2v) is 6.67. The van der Waals surface area contributed by atoms with E-state index in [1.54, 1.807) is 24.3 Å². The van der Waals surface area contributed by atoms with Crippen molar-refractivity contribution in [1.29, 1.82) is 0 Å². The largest absolute Gasteiger partial charge is 0.454 e. The van der Waals surface area contributed by atoms with Crippen molar-refractivity contribution in [3.8, 4) is 0 Å². The first-order valence-corrected chi connectivity index (χ1v) is 8.80. The Hall–Kier alpha value is -3.00. The predicted octanol–water partition coefficient (Wildman–Crippen LogP) is 1.13. The summed E-state index contributed by atoms with van der Waals surface area (Å²) in [7, 11) is 0. The van der Waals surface area contributed by atoms with Crippen LogP contribution in [0.2, 0.25) is 0 Å². The fraction of sp³-hybridized carbons (Fsp3) is 0.222. The monoisotopic (exact) mass is 372 g/mol. The normalized spacial score (nSPS) is 13.3. The van der Waals surface area contributed by atoms with Gasteiger partial charge in [0.15, 0.2) is 6.61 Å². The summed E-state index contributed by atoms with van der Waals surface area (Å²) in [6.07, 6.45) is 0.0521. The highest BCUT2D eigenvalue weighted by molar-refractivity contribution is 7.09. The van der Waals surface area contributed by atoms with Gasteiger partial charge in [0.2, 0.25) is 5.91 Å². The molecule has 0 bridgehead atoms. The van der Waals surface area contributed by atoms with Crippen LogP contribution >= 0.6 is 11.3 Å². The molecule has 2 aromatic rings. The molecule has 134 valence electrons. The van der Waals surface area contributed by atoms with Gasteiger partial charge in [0.1, 0.15) is 6.54 Å². The highest BCUT2D eigenvalue weighted by Crippen LogP contribution is 2.19. The van der Waals surface area contributed by atoms with E-state index in [1.807, 2.05) is 17.5 Å². The molecule has 8 heteroatoms. The average molecular weight is 372 g/mol. The van der Waals surface area contributed by atoms with E-state index in [4.69, 9.17) is 4.74 Å². The molecular formula is C18H16N2O5S. The molecule has 0 unspecified atom stereocenters. The molecule has 0 aliphatic carbocycles. The third kappa shape index (κ3) is 4.15. The highest BCUT2D eigenvalue weighted by atomic mass is 32.1. The van der Waals surface area contributed by atoms with E-state index in [9.17, 15) is 19.2 Å². The van der Waals surface area contributed by atoms with E-state index >= 15 is 0 Å². The molecule has 26 heavy (non-hydrogen) atoms. The van der Waals surface area contributed by atoms with Gasteiger partial charge < -0.3 is 10.1 Å². The van der Waals surface area contributed by atoms with Gasteiger partial charge in [-0.15, -0.1) is 11.3 Å². The molecule has 7 nitrogen and oxygen atoms in total. The van der Waals surface area contributed by atoms with Gasteiger partial charge in [-0.3, -0.25) is 24.1 Å². The van der Waals surface area contributed by atoms with Gasteiger partial charge in [-0.25, -0.2) is 0 Å². The molecule has 0 fully saturated rings. The summed E-state index contributed by atoms with van der Waals surface area (Å²) < 4.78 is 4.87. The number of nitrogens with one attached hydrogen (secondary N) is 1. The van der Waals surface area contributed by atoms with Crippen molar-refractivity contribution in [2.24, 2.45) is 0 Å². The van der Waals surface area contributed by atoms with Crippen LogP contribution in [0, 0.1) is 0 Å². The molecule has 0 radical (unpaired) electrons. The Morgan fingerprint density at radius 1 is 1.15 bits per heavy atom. The van der Waals surface area contributed by atoms with E-state index < -0.39 is 36.8 Å².